The lowest BCUT2D eigenvalue weighted by Gasteiger charge is -2.02. The molecule has 0 bridgehead atoms. The molecule has 70 valence electrons. The maximum absolute atomic E-state index is 10.4. The van der Waals surface area contributed by atoms with E-state index >= 15 is 0 Å². The number of aliphatic hydroxyl groups is 1. The van der Waals surface area contributed by atoms with E-state index in [1.807, 2.05) is 0 Å². The van der Waals surface area contributed by atoms with Crippen molar-refractivity contribution in [2.24, 2.45) is 5.73 Å². The Morgan fingerprint density at radius 3 is 2.92 bits per heavy atom. The molecule has 6 heteroatoms. The maximum atomic E-state index is 10.4. The molecule has 1 aromatic rings. The molecule has 3 N–H and O–H groups in total. The molecule has 5 nitrogen and oxygen atoms in total. The first-order valence-corrected chi connectivity index (χ1v) is 4.15. The predicted octanol–water partition coefficient (Wildman–Crippen LogP) is 0.794. The van der Waals surface area contributed by atoms with Gasteiger partial charge in [-0.3, -0.25) is 0 Å². The van der Waals surface area contributed by atoms with Gasteiger partial charge in [0.05, 0.1) is 12.3 Å². The van der Waals surface area contributed by atoms with Crippen LogP contribution in [0.15, 0.2) is 16.6 Å². The Labute approximate surface area is 82.7 Å². The molecule has 0 spiro atoms. The number of aromatic nitrogens is 1. The highest BCUT2D eigenvalue weighted by molar-refractivity contribution is 9.10. The van der Waals surface area contributed by atoms with Crippen LogP contribution in [0.1, 0.15) is 5.69 Å². The second-order valence-electron chi connectivity index (χ2n) is 2.19. The zero-order chi connectivity index (χ0) is 9.84. The normalized spacial score (nSPS) is 9.69. The van der Waals surface area contributed by atoms with E-state index in [0.29, 0.717) is 10.2 Å². The third kappa shape index (κ3) is 3.00. The van der Waals surface area contributed by atoms with Crippen LogP contribution in [0.2, 0.25) is 0 Å². The van der Waals surface area contributed by atoms with Gasteiger partial charge >= 0.3 is 6.09 Å². The number of pyridine rings is 1. The highest BCUT2D eigenvalue weighted by Gasteiger charge is 2.03. The van der Waals surface area contributed by atoms with Crippen LogP contribution in [0.4, 0.5) is 4.79 Å². The van der Waals surface area contributed by atoms with Crippen molar-refractivity contribution in [1.29, 1.82) is 0 Å². The lowest BCUT2D eigenvalue weighted by molar-refractivity contribution is 0.208. The molecule has 0 radical (unpaired) electrons. The Bertz CT molecular complexity index is 330. The van der Waals surface area contributed by atoms with Crippen LogP contribution in [-0.4, -0.2) is 16.2 Å². The number of hydrogen-bond acceptors (Lipinski definition) is 4. The molecule has 13 heavy (non-hydrogen) atoms. The molecule has 0 aliphatic carbocycles. The van der Waals surface area contributed by atoms with Crippen LogP contribution in [0.25, 0.3) is 0 Å². The van der Waals surface area contributed by atoms with Gasteiger partial charge in [-0.2, -0.15) is 0 Å². The summed E-state index contributed by atoms with van der Waals surface area (Å²) >= 11 is 3.16. The summed E-state index contributed by atoms with van der Waals surface area (Å²) in [5.74, 6) is 0.0610. The van der Waals surface area contributed by atoms with Gasteiger partial charge in [0.25, 0.3) is 0 Å². The summed E-state index contributed by atoms with van der Waals surface area (Å²) < 4.78 is 5.18. The van der Waals surface area contributed by atoms with Gasteiger partial charge in [0.2, 0.25) is 5.88 Å². The number of hydrogen-bond donors (Lipinski definition) is 2. The lowest BCUT2D eigenvalue weighted by Crippen LogP contribution is -2.17. The van der Waals surface area contributed by atoms with Crippen LogP contribution in [0.5, 0.6) is 5.88 Å². The number of halogens is 1. The Morgan fingerprint density at radius 2 is 2.38 bits per heavy atom. The second-order valence-corrected chi connectivity index (χ2v) is 3.11. The summed E-state index contributed by atoms with van der Waals surface area (Å²) in [6, 6.07) is 3.08. The van der Waals surface area contributed by atoms with Crippen molar-refractivity contribution in [3.63, 3.8) is 0 Å². The van der Waals surface area contributed by atoms with Crippen molar-refractivity contribution < 1.29 is 14.6 Å². The average Bonchev–Trinajstić information content (AvgIpc) is 2.01. The fourth-order valence-electron chi connectivity index (χ4n) is 0.761. The molecule has 1 rings (SSSR count). The molecule has 1 aromatic heterocycles. The molecule has 0 atom stereocenters. The number of primary amides is 1. The number of nitrogens with two attached hydrogens (primary N) is 1. The molecule has 0 saturated heterocycles. The molecule has 0 saturated carbocycles. The number of aliphatic hydroxyl groups excluding tert-OH is 1. The van der Waals surface area contributed by atoms with E-state index in [2.05, 4.69) is 25.7 Å². The molecule has 0 fully saturated rings. The Balaban J connectivity index is 2.94. The van der Waals surface area contributed by atoms with Gasteiger partial charge in [-0.1, -0.05) is 15.9 Å². The minimum Gasteiger partial charge on any atom is -0.391 e. The average molecular weight is 247 g/mol. The van der Waals surface area contributed by atoms with E-state index < -0.39 is 6.09 Å². The van der Waals surface area contributed by atoms with Crippen LogP contribution < -0.4 is 10.5 Å². The third-order valence-corrected chi connectivity index (χ3v) is 1.64. The van der Waals surface area contributed by atoms with Gasteiger partial charge in [0, 0.05) is 10.5 Å². The molecule has 1 amide bonds. The first-order chi connectivity index (χ1) is 6.11. The van der Waals surface area contributed by atoms with E-state index in [9.17, 15) is 4.79 Å². The lowest BCUT2D eigenvalue weighted by atomic mass is 10.4. The highest BCUT2D eigenvalue weighted by Crippen LogP contribution is 2.17. The summed E-state index contributed by atoms with van der Waals surface area (Å²) in [6.45, 7) is -0.228. The highest BCUT2D eigenvalue weighted by atomic mass is 79.9. The monoisotopic (exact) mass is 246 g/mol. The Morgan fingerprint density at radius 1 is 1.69 bits per heavy atom. The van der Waals surface area contributed by atoms with Crippen molar-refractivity contribution in [2.45, 2.75) is 6.61 Å². The molecular formula is C7H7BrN2O3. The zero-order valence-electron chi connectivity index (χ0n) is 6.53. The van der Waals surface area contributed by atoms with E-state index in [1.165, 1.54) is 6.07 Å². The zero-order valence-corrected chi connectivity index (χ0v) is 8.11. The summed E-state index contributed by atoms with van der Waals surface area (Å²) in [4.78, 5) is 14.2. The van der Waals surface area contributed by atoms with E-state index in [0.717, 1.165) is 0 Å². The van der Waals surface area contributed by atoms with Gasteiger partial charge in [-0.15, -0.1) is 0 Å². The second kappa shape index (κ2) is 4.20. The van der Waals surface area contributed by atoms with Gasteiger partial charge < -0.3 is 15.6 Å². The van der Waals surface area contributed by atoms with Gasteiger partial charge in [-0.05, 0) is 6.07 Å². The van der Waals surface area contributed by atoms with Crippen molar-refractivity contribution >= 4 is 22.0 Å². The Kier molecular flexibility index (Phi) is 3.21. The van der Waals surface area contributed by atoms with Crippen molar-refractivity contribution in [3.05, 3.63) is 22.3 Å². The molecule has 1 heterocycles. The maximum Gasteiger partial charge on any atom is 0.411 e. The summed E-state index contributed by atoms with van der Waals surface area (Å²) in [5.41, 5.74) is 5.18. The minimum atomic E-state index is -0.936. The number of rotatable bonds is 2. The summed E-state index contributed by atoms with van der Waals surface area (Å²) in [5, 5.41) is 8.77. The van der Waals surface area contributed by atoms with Crippen LogP contribution in [0.3, 0.4) is 0 Å². The van der Waals surface area contributed by atoms with Crippen molar-refractivity contribution in [2.75, 3.05) is 0 Å². The quantitative estimate of drug-likeness (QED) is 0.809. The number of ether oxygens (including phenoxy) is 1. The smallest absolute Gasteiger partial charge is 0.391 e. The minimum absolute atomic E-state index is 0.0610. The van der Waals surface area contributed by atoms with Crippen molar-refractivity contribution in [3.8, 4) is 5.88 Å². The van der Waals surface area contributed by atoms with E-state index in [1.54, 1.807) is 6.07 Å². The third-order valence-electron chi connectivity index (χ3n) is 1.19. The largest absolute Gasteiger partial charge is 0.411 e. The molecule has 0 unspecified atom stereocenters. The standard InChI is InChI=1S/C7H7BrN2O3/c8-4-1-5(3-11)10-6(2-4)13-7(9)12/h1-2,11H,3H2,(H2,9,12). The van der Waals surface area contributed by atoms with Gasteiger partial charge in [0.1, 0.15) is 0 Å². The van der Waals surface area contributed by atoms with Gasteiger partial charge in [0.15, 0.2) is 0 Å². The Hall–Kier alpha value is -1.14. The number of carbonyl (C=O) groups excluding carboxylic acids is 1. The predicted molar refractivity (Wildman–Crippen MR) is 48.1 cm³/mol. The number of nitrogens with zero attached hydrogens (tertiary/aromatic N) is 1. The first-order valence-electron chi connectivity index (χ1n) is 3.36. The van der Waals surface area contributed by atoms with Crippen LogP contribution >= 0.6 is 15.9 Å². The van der Waals surface area contributed by atoms with Crippen LogP contribution in [-0.2, 0) is 6.61 Å². The van der Waals surface area contributed by atoms with Crippen molar-refractivity contribution in [1.82, 2.24) is 4.98 Å². The first kappa shape index (κ1) is 9.94. The summed E-state index contributed by atoms with van der Waals surface area (Å²) in [7, 11) is 0. The fraction of sp³-hybridized carbons (Fsp3) is 0.143. The van der Waals surface area contributed by atoms with E-state index in [4.69, 9.17) is 10.8 Å². The SMILES string of the molecule is NC(=O)Oc1cc(Br)cc(CO)n1. The molecule has 0 aliphatic heterocycles. The molecular weight excluding hydrogens is 240 g/mol. The molecule has 0 aromatic carbocycles. The van der Waals surface area contributed by atoms with E-state index in [-0.39, 0.29) is 12.5 Å². The van der Waals surface area contributed by atoms with Crippen LogP contribution in [0, 0.1) is 0 Å². The number of amides is 1. The summed E-state index contributed by atoms with van der Waals surface area (Å²) in [6.07, 6.45) is -0.936. The fourth-order valence-corrected chi connectivity index (χ4v) is 1.22. The van der Waals surface area contributed by atoms with Gasteiger partial charge in [-0.25, -0.2) is 9.78 Å². The molecule has 0 aliphatic rings. The number of carbonyl (C=O) groups is 1. The topological polar surface area (TPSA) is 85.4 Å².